The molecule has 42 heavy (non-hydrogen) atoms. The summed E-state index contributed by atoms with van der Waals surface area (Å²) in [7, 11) is -3.93. The maximum absolute atomic E-state index is 13.4. The van der Waals surface area contributed by atoms with E-state index >= 15 is 0 Å². The number of thiophene rings is 1. The van der Waals surface area contributed by atoms with Crippen molar-refractivity contribution in [3.8, 4) is 6.07 Å². The summed E-state index contributed by atoms with van der Waals surface area (Å²) in [6.07, 6.45) is 0.360. The number of carbonyl (C=O) groups is 2. The van der Waals surface area contributed by atoms with Crippen molar-refractivity contribution in [1.82, 2.24) is 14.9 Å². The zero-order valence-corrected chi connectivity index (χ0v) is 24.4. The SMILES string of the molecule is N#Cc1ccccc1S(=O)(=O)N1CCOC(CNC(=O)[C@H](CCc2ccccc2)NC(=O)c2cc3ccccc3s2)C1. The second-order valence-corrected chi connectivity index (χ2v) is 12.9. The van der Waals surface area contributed by atoms with Crippen LogP contribution in [0.1, 0.15) is 27.2 Å². The summed E-state index contributed by atoms with van der Waals surface area (Å²) in [6, 6.07) is 26.4. The minimum Gasteiger partial charge on any atom is -0.374 e. The van der Waals surface area contributed by atoms with Gasteiger partial charge in [0.05, 0.1) is 28.0 Å². The molecule has 11 heteroatoms. The number of hydrogen-bond acceptors (Lipinski definition) is 7. The molecule has 1 aliphatic heterocycles. The summed E-state index contributed by atoms with van der Waals surface area (Å²) in [6.45, 7) is 0.364. The molecule has 2 N–H and O–H groups in total. The van der Waals surface area contributed by atoms with Crippen molar-refractivity contribution in [3.05, 3.63) is 101 Å². The average molecular weight is 603 g/mol. The Kier molecular flexibility index (Phi) is 9.29. The fraction of sp³-hybridized carbons (Fsp3) is 0.258. The lowest BCUT2D eigenvalue weighted by Crippen LogP contribution is -2.52. The van der Waals surface area contributed by atoms with E-state index in [4.69, 9.17) is 4.74 Å². The zero-order valence-electron chi connectivity index (χ0n) is 22.7. The molecule has 1 aliphatic rings. The molecule has 0 spiro atoms. The van der Waals surface area contributed by atoms with Crippen molar-refractivity contribution in [1.29, 1.82) is 5.26 Å². The zero-order chi connectivity index (χ0) is 29.5. The third-order valence-corrected chi connectivity index (χ3v) is 10.1. The minimum absolute atomic E-state index is 0.0190. The van der Waals surface area contributed by atoms with Crippen LogP contribution in [0.4, 0.5) is 0 Å². The highest BCUT2D eigenvalue weighted by molar-refractivity contribution is 7.89. The summed E-state index contributed by atoms with van der Waals surface area (Å²) >= 11 is 1.37. The van der Waals surface area contributed by atoms with Crippen molar-refractivity contribution in [3.63, 3.8) is 0 Å². The Morgan fingerprint density at radius 2 is 1.79 bits per heavy atom. The average Bonchev–Trinajstić information content (AvgIpc) is 3.47. The molecule has 0 aliphatic carbocycles. The molecule has 1 fully saturated rings. The van der Waals surface area contributed by atoms with E-state index < -0.39 is 22.2 Å². The van der Waals surface area contributed by atoms with Crippen molar-refractivity contribution in [2.45, 2.75) is 29.9 Å². The molecular formula is C31H30N4O5S2. The predicted molar refractivity (Wildman–Crippen MR) is 161 cm³/mol. The van der Waals surface area contributed by atoms with Gasteiger partial charge in [0.2, 0.25) is 15.9 Å². The second-order valence-electron chi connectivity index (χ2n) is 9.91. The molecule has 4 aromatic rings. The number of aryl methyl sites for hydroxylation is 1. The summed E-state index contributed by atoms with van der Waals surface area (Å²) in [5, 5.41) is 16.1. The minimum atomic E-state index is -3.93. The summed E-state index contributed by atoms with van der Waals surface area (Å²) in [5.41, 5.74) is 1.12. The number of morpholine rings is 1. The van der Waals surface area contributed by atoms with Gasteiger partial charge in [0.1, 0.15) is 12.1 Å². The van der Waals surface area contributed by atoms with Crippen molar-refractivity contribution in [2.24, 2.45) is 0 Å². The van der Waals surface area contributed by atoms with Crippen LogP contribution in [0.25, 0.3) is 10.1 Å². The maximum Gasteiger partial charge on any atom is 0.262 e. The summed E-state index contributed by atoms with van der Waals surface area (Å²) in [4.78, 5) is 27.0. The third kappa shape index (κ3) is 6.86. The largest absolute Gasteiger partial charge is 0.374 e. The van der Waals surface area contributed by atoms with Crippen molar-refractivity contribution in [2.75, 3.05) is 26.2 Å². The lowest BCUT2D eigenvalue weighted by atomic mass is 10.0. The topological polar surface area (TPSA) is 129 Å². The molecule has 2 heterocycles. The highest BCUT2D eigenvalue weighted by Crippen LogP contribution is 2.25. The van der Waals surface area contributed by atoms with E-state index in [0.717, 1.165) is 15.6 Å². The molecule has 9 nitrogen and oxygen atoms in total. The normalized spacial score (nSPS) is 16.4. The van der Waals surface area contributed by atoms with Crippen LogP contribution in [0.15, 0.2) is 89.8 Å². The summed E-state index contributed by atoms with van der Waals surface area (Å²) in [5.74, 6) is -0.703. The third-order valence-electron chi connectivity index (χ3n) is 7.07. The Morgan fingerprint density at radius 1 is 1.05 bits per heavy atom. The van der Waals surface area contributed by atoms with Gasteiger partial charge in [0.25, 0.3) is 5.91 Å². The summed E-state index contributed by atoms with van der Waals surface area (Å²) < 4.78 is 34.6. The molecule has 0 radical (unpaired) electrons. The van der Waals surface area contributed by atoms with Gasteiger partial charge in [-0.05, 0) is 48.1 Å². The number of nitriles is 1. The van der Waals surface area contributed by atoms with Gasteiger partial charge in [-0.2, -0.15) is 9.57 Å². The first-order valence-corrected chi connectivity index (χ1v) is 15.8. The van der Waals surface area contributed by atoms with E-state index in [1.165, 1.54) is 27.8 Å². The number of rotatable bonds is 10. The van der Waals surface area contributed by atoms with Gasteiger partial charge in [-0.1, -0.05) is 60.7 Å². The van der Waals surface area contributed by atoms with E-state index in [-0.39, 0.29) is 48.5 Å². The van der Waals surface area contributed by atoms with Crippen LogP contribution in [0.3, 0.4) is 0 Å². The number of nitrogens with zero attached hydrogens (tertiary/aromatic N) is 2. The van der Waals surface area contributed by atoms with Crippen LogP contribution < -0.4 is 10.6 Å². The first-order valence-electron chi connectivity index (χ1n) is 13.6. The smallest absolute Gasteiger partial charge is 0.262 e. The number of hydrogen-bond donors (Lipinski definition) is 2. The molecular weight excluding hydrogens is 572 g/mol. The lowest BCUT2D eigenvalue weighted by Gasteiger charge is -2.32. The number of ether oxygens (including phenoxy) is 1. The maximum atomic E-state index is 13.4. The first kappa shape index (κ1) is 29.4. The van der Waals surface area contributed by atoms with Gasteiger partial charge in [0, 0.05) is 24.3 Å². The number of benzene rings is 3. The van der Waals surface area contributed by atoms with Crippen LogP contribution in [0.5, 0.6) is 0 Å². The Labute approximate surface area is 248 Å². The molecule has 1 saturated heterocycles. The highest BCUT2D eigenvalue weighted by Gasteiger charge is 2.33. The van der Waals surface area contributed by atoms with Gasteiger partial charge in [-0.15, -0.1) is 11.3 Å². The standard InChI is InChI=1S/C31H30N4O5S2/c32-19-24-11-5-7-13-29(24)42(38,39)35-16-17-40-25(21-35)20-33-30(36)26(15-14-22-8-2-1-3-9-22)34-31(37)28-18-23-10-4-6-12-27(23)41-28/h1-13,18,25-26H,14-17,20-21H2,(H,33,36)(H,34,37)/t25?,26-/m0/s1. The monoisotopic (exact) mass is 602 g/mol. The molecule has 2 atom stereocenters. The van der Waals surface area contributed by atoms with E-state index in [0.29, 0.717) is 17.7 Å². The fourth-order valence-corrected chi connectivity index (χ4v) is 7.41. The van der Waals surface area contributed by atoms with E-state index in [1.54, 1.807) is 12.1 Å². The Balaban J connectivity index is 1.25. The quantitative estimate of drug-likeness (QED) is 0.285. The van der Waals surface area contributed by atoms with Crippen LogP contribution in [0.2, 0.25) is 0 Å². The Morgan fingerprint density at radius 3 is 2.57 bits per heavy atom. The van der Waals surface area contributed by atoms with Gasteiger partial charge in [-0.25, -0.2) is 8.42 Å². The number of fused-ring (bicyclic) bond motifs is 1. The molecule has 3 aromatic carbocycles. The molecule has 5 rings (SSSR count). The van der Waals surface area contributed by atoms with Crippen LogP contribution in [0, 0.1) is 11.3 Å². The fourth-order valence-electron chi connectivity index (χ4n) is 4.84. The number of sulfonamides is 1. The molecule has 0 bridgehead atoms. The van der Waals surface area contributed by atoms with Crippen molar-refractivity contribution < 1.29 is 22.7 Å². The van der Waals surface area contributed by atoms with Gasteiger partial charge in [0.15, 0.2) is 0 Å². The molecule has 1 aromatic heterocycles. The van der Waals surface area contributed by atoms with Crippen LogP contribution in [-0.4, -0.2) is 62.9 Å². The van der Waals surface area contributed by atoms with E-state index in [9.17, 15) is 23.3 Å². The molecule has 216 valence electrons. The van der Waals surface area contributed by atoms with Crippen LogP contribution in [-0.2, 0) is 26.0 Å². The predicted octanol–water partition coefficient (Wildman–Crippen LogP) is 3.71. The highest BCUT2D eigenvalue weighted by atomic mass is 32.2. The van der Waals surface area contributed by atoms with Crippen LogP contribution >= 0.6 is 11.3 Å². The van der Waals surface area contributed by atoms with E-state index in [1.807, 2.05) is 66.7 Å². The van der Waals surface area contributed by atoms with Gasteiger partial charge >= 0.3 is 0 Å². The number of amides is 2. The molecule has 1 unspecified atom stereocenters. The van der Waals surface area contributed by atoms with Gasteiger partial charge < -0.3 is 15.4 Å². The lowest BCUT2D eigenvalue weighted by molar-refractivity contribution is -0.124. The number of nitrogens with one attached hydrogen (secondary N) is 2. The molecule has 0 saturated carbocycles. The van der Waals surface area contributed by atoms with Gasteiger partial charge in [-0.3, -0.25) is 9.59 Å². The Bertz CT molecular complexity index is 1680. The number of carbonyl (C=O) groups excluding carboxylic acids is 2. The Hall–Kier alpha value is -4.08. The molecule has 2 amide bonds. The first-order chi connectivity index (χ1) is 20.3. The van der Waals surface area contributed by atoms with Crippen molar-refractivity contribution >= 4 is 43.3 Å². The van der Waals surface area contributed by atoms with E-state index in [2.05, 4.69) is 10.6 Å². The second kappa shape index (κ2) is 13.3.